The second kappa shape index (κ2) is 8.61. The molecule has 0 fully saturated rings. The van der Waals surface area contributed by atoms with Crippen LogP contribution in [0.25, 0.3) is 0 Å². The second-order valence-electron chi connectivity index (χ2n) is 5.29. The van der Waals surface area contributed by atoms with Crippen LogP contribution in [0, 0.1) is 0 Å². The number of hydrogen-bond donors (Lipinski definition) is 0. The van der Waals surface area contributed by atoms with Crippen LogP contribution in [0.15, 0.2) is 36.4 Å². The number of halogens is 3. The van der Waals surface area contributed by atoms with Crippen molar-refractivity contribution in [3.63, 3.8) is 0 Å². The fraction of sp³-hybridized carbons (Fsp3) is 0.333. The van der Waals surface area contributed by atoms with Crippen molar-refractivity contribution in [2.75, 3.05) is 13.7 Å². The molecule has 1 aromatic heterocycles. The summed E-state index contributed by atoms with van der Waals surface area (Å²) in [6, 6.07) is 8.08. The molecule has 0 radical (unpaired) electrons. The van der Waals surface area contributed by atoms with E-state index in [0.29, 0.717) is 11.5 Å². The third-order valence-corrected chi connectivity index (χ3v) is 3.31. The maximum Gasteiger partial charge on any atom is 0.421 e. The fourth-order valence-corrected chi connectivity index (χ4v) is 2.07. The summed E-state index contributed by atoms with van der Waals surface area (Å²) >= 11 is 0. The van der Waals surface area contributed by atoms with Crippen molar-refractivity contribution < 1.29 is 36.9 Å². The lowest BCUT2D eigenvalue weighted by atomic mass is 10.2. The summed E-state index contributed by atoms with van der Waals surface area (Å²) < 4.78 is 58.9. The van der Waals surface area contributed by atoms with Gasteiger partial charge >= 0.3 is 12.1 Å². The standard InChI is InChI=1S/C18H18F3NO5/c1-4-25-17(23)11(2)26-12-5-7-13(8-6-12)27-15-10-9-14(18(19,20)21)16(22-15)24-3/h5-11H,4H2,1-3H3. The summed E-state index contributed by atoms with van der Waals surface area (Å²) in [5.74, 6) is -0.406. The van der Waals surface area contributed by atoms with E-state index in [9.17, 15) is 18.0 Å². The van der Waals surface area contributed by atoms with Crippen molar-refractivity contribution in [2.45, 2.75) is 26.1 Å². The van der Waals surface area contributed by atoms with Crippen LogP contribution < -0.4 is 14.2 Å². The quantitative estimate of drug-likeness (QED) is 0.665. The number of rotatable bonds is 7. The number of hydrogen-bond acceptors (Lipinski definition) is 6. The van der Waals surface area contributed by atoms with E-state index in [2.05, 4.69) is 9.72 Å². The molecule has 27 heavy (non-hydrogen) atoms. The van der Waals surface area contributed by atoms with Gasteiger partial charge in [-0.15, -0.1) is 0 Å². The molecule has 0 spiro atoms. The lowest BCUT2D eigenvalue weighted by Gasteiger charge is -2.14. The molecule has 9 heteroatoms. The number of ether oxygens (including phenoxy) is 4. The van der Waals surface area contributed by atoms with Gasteiger partial charge in [0.2, 0.25) is 11.8 Å². The van der Waals surface area contributed by atoms with E-state index < -0.39 is 29.7 Å². The summed E-state index contributed by atoms with van der Waals surface area (Å²) in [6.45, 7) is 3.50. The highest BCUT2D eigenvalue weighted by Gasteiger charge is 2.35. The van der Waals surface area contributed by atoms with Gasteiger partial charge in [-0.05, 0) is 44.2 Å². The third kappa shape index (κ3) is 5.50. The van der Waals surface area contributed by atoms with Crippen LogP contribution >= 0.6 is 0 Å². The van der Waals surface area contributed by atoms with E-state index in [-0.39, 0.29) is 12.5 Å². The van der Waals surface area contributed by atoms with Crippen molar-refractivity contribution in [3.05, 3.63) is 42.0 Å². The van der Waals surface area contributed by atoms with Crippen molar-refractivity contribution in [1.29, 1.82) is 0 Å². The van der Waals surface area contributed by atoms with Crippen molar-refractivity contribution >= 4 is 5.97 Å². The molecule has 0 N–H and O–H groups in total. The van der Waals surface area contributed by atoms with Crippen molar-refractivity contribution in [3.8, 4) is 23.3 Å². The van der Waals surface area contributed by atoms with Gasteiger partial charge in [-0.2, -0.15) is 18.2 Å². The van der Waals surface area contributed by atoms with Crippen LogP contribution in [0.1, 0.15) is 19.4 Å². The molecule has 0 bridgehead atoms. The molecule has 1 atom stereocenters. The van der Waals surface area contributed by atoms with Crippen LogP contribution in [0.4, 0.5) is 13.2 Å². The van der Waals surface area contributed by atoms with Gasteiger partial charge in [0.05, 0.1) is 13.7 Å². The molecular formula is C18H18F3NO5. The highest BCUT2D eigenvalue weighted by atomic mass is 19.4. The first-order valence-corrected chi connectivity index (χ1v) is 7.98. The molecule has 0 aliphatic heterocycles. The molecule has 1 unspecified atom stereocenters. The normalized spacial score (nSPS) is 12.2. The number of benzene rings is 1. The Morgan fingerprint density at radius 3 is 2.30 bits per heavy atom. The van der Waals surface area contributed by atoms with Gasteiger partial charge in [0.25, 0.3) is 0 Å². The highest BCUT2D eigenvalue weighted by Crippen LogP contribution is 2.36. The molecule has 0 amide bonds. The lowest BCUT2D eigenvalue weighted by Crippen LogP contribution is -2.25. The smallest absolute Gasteiger partial charge is 0.421 e. The van der Waals surface area contributed by atoms with Gasteiger partial charge in [-0.25, -0.2) is 4.79 Å². The molecule has 0 saturated heterocycles. The Balaban J connectivity index is 2.07. The Hall–Kier alpha value is -2.97. The summed E-state index contributed by atoms with van der Waals surface area (Å²) in [5, 5.41) is 0. The number of pyridine rings is 1. The molecule has 1 heterocycles. The minimum Gasteiger partial charge on any atom is -0.480 e. The Kier molecular flexibility index (Phi) is 6.49. The first kappa shape index (κ1) is 20.3. The van der Waals surface area contributed by atoms with E-state index in [0.717, 1.165) is 19.2 Å². The molecule has 146 valence electrons. The van der Waals surface area contributed by atoms with Crippen LogP contribution in [0.2, 0.25) is 0 Å². The summed E-state index contributed by atoms with van der Waals surface area (Å²) in [5.41, 5.74) is -0.992. The van der Waals surface area contributed by atoms with E-state index in [1.54, 1.807) is 26.0 Å². The Bertz CT molecular complexity index is 778. The summed E-state index contributed by atoms with van der Waals surface area (Å²) in [4.78, 5) is 15.3. The lowest BCUT2D eigenvalue weighted by molar-refractivity contribution is -0.150. The third-order valence-electron chi connectivity index (χ3n) is 3.31. The number of aromatic nitrogens is 1. The highest BCUT2D eigenvalue weighted by molar-refractivity contribution is 5.74. The summed E-state index contributed by atoms with van der Waals surface area (Å²) in [6.07, 6.45) is -5.36. The maximum absolute atomic E-state index is 12.8. The molecule has 0 saturated carbocycles. The van der Waals surface area contributed by atoms with Crippen molar-refractivity contribution in [2.24, 2.45) is 0 Å². The Labute approximate surface area is 153 Å². The maximum atomic E-state index is 12.8. The molecular weight excluding hydrogens is 367 g/mol. The van der Waals surface area contributed by atoms with Gasteiger partial charge in [0.15, 0.2) is 6.10 Å². The minimum atomic E-state index is -4.58. The molecule has 2 aromatic rings. The van der Waals surface area contributed by atoms with E-state index in [1.807, 2.05) is 0 Å². The van der Waals surface area contributed by atoms with Crippen LogP contribution in [0.5, 0.6) is 23.3 Å². The predicted molar refractivity (Wildman–Crippen MR) is 89.0 cm³/mol. The number of carbonyl (C=O) groups excluding carboxylic acids is 1. The monoisotopic (exact) mass is 385 g/mol. The Morgan fingerprint density at radius 1 is 1.11 bits per heavy atom. The van der Waals surface area contributed by atoms with Crippen LogP contribution in [0.3, 0.4) is 0 Å². The van der Waals surface area contributed by atoms with Crippen LogP contribution in [-0.4, -0.2) is 30.8 Å². The molecule has 2 rings (SSSR count). The van der Waals surface area contributed by atoms with E-state index in [4.69, 9.17) is 14.2 Å². The first-order valence-electron chi connectivity index (χ1n) is 7.98. The second-order valence-corrected chi connectivity index (χ2v) is 5.29. The topological polar surface area (TPSA) is 66.9 Å². The molecule has 6 nitrogen and oxygen atoms in total. The zero-order valence-corrected chi connectivity index (χ0v) is 14.9. The van der Waals surface area contributed by atoms with E-state index in [1.165, 1.54) is 12.1 Å². The number of alkyl halides is 3. The first-order chi connectivity index (χ1) is 12.7. The largest absolute Gasteiger partial charge is 0.480 e. The Morgan fingerprint density at radius 2 is 1.74 bits per heavy atom. The molecule has 0 aliphatic rings. The van der Waals surface area contributed by atoms with Gasteiger partial charge in [-0.1, -0.05) is 0 Å². The number of nitrogens with zero attached hydrogens (tertiary/aromatic N) is 1. The minimum absolute atomic E-state index is 0.0617. The molecule has 0 aliphatic carbocycles. The zero-order chi connectivity index (χ0) is 20.0. The van der Waals surface area contributed by atoms with Gasteiger partial charge in [0, 0.05) is 6.07 Å². The van der Waals surface area contributed by atoms with Gasteiger partial charge in [0.1, 0.15) is 17.1 Å². The van der Waals surface area contributed by atoms with Crippen molar-refractivity contribution in [1.82, 2.24) is 4.98 Å². The van der Waals surface area contributed by atoms with Gasteiger partial charge < -0.3 is 18.9 Å². The number of methoxy groups -OCH3 is 1. The average molecular weight is 385 g/mol. The van der Waals surface area contributed by atoms with Gasteiger partial charge in [-0.3, -0.25) is 0 Å². The van der Waals surface area contributed by atoms with E-state index >= 15 is 0 Å². The zero-order valence-electron chi connectivity index (χ0n) is 14.9. The fourth-order valence-electron chi connectivity index (χ4n) is 2.07. The predicted octanol–water partition coefficient (Wildman–Crippen LogP) is 4.23. The summed E-state index contributed by atoms with van der Waals surface area (Å²) in [7, 11) is 1.10. The van der Waals surface area contributed by atoms with Crippen LogP contribution in [-0.2, 0) is 15.7 Å². The average Bonchev–Trinajstić information content (AvgIpc) is 2.62. The SMILES string of the molecule is CCOC(=O)C(C)Oc1ccc(Oc2ccc(C(F)(F)F)c(OC)n2)cc1. The number of esters is 1. The molecule has 1 aromatic carbocycles. The number of carbonyl (C=O) groups is 1.